The number of allylic oxidation sites excluding steroid dienone is 1. The molecule has 0 radical (unpaired) electrons. The predicted octanol–water partition coefficient (Wildman–Crippen LogP) is 0.988. The highest BCUT2D eigenvalue weighted by Crippen LogP contribution is 2.11. The largest absolute Gasteiger partial charge is 0.341 e. The summed E-state index contributed by atoms with van der Waals surface area (Å²) in [6.07, 6.45) is 1.78. The van der Waals surface area contributed by atoms with Gasteiger partial charge < -0.3 is 4.89 Å². The smallest absolute Gasteiger partial charge is 0.229 e. The molecule has 1 heterocycles. The Hall–Kier alpha value is -0.540. The molecule has 1 aliphatic rings. The van der Waals surface area contributed by atoms with Crippen LogP contribution in [0.15, 0.2) is 11.8 Å². The van der Waals surface area contributed by atoms with E-state index in [1.807, 2.05) is 0 Å². The third-order valence-electron chi connectivity index (χ3n) is 0.858. The molecule has 0 spiro atoms. The zero-order valence-electron chi connectivity index (χ0n) is 4.59. The Morgan fingerprint density at radius 2 is 2.67 bits per heavy atom. The zero-order chi connectivity index (χ0) is 6.69. The summed E-state index contributed by atoms with van der Waals surface area (Å²) in [4.78, 5) is 19.2. The number of rotatable bonds is 2. The topological polar surface area (TPSA) is 35.5 Å². The summed E-state index contributed by atoms with van der Waals surface area (Å²) in [5, 5.41) is -0.438. The summed E-state index contributed by atoms with van der Waals surface area (Å²) in [6, 6.07) is 0. The van der Waals surface area contributed by atoms with Crippen molar-refractivity contribution < 1.29 is 14.6 Å². The highest BCUT2D eigenvalue weighted by atomic mass is 35.5. The van der Waals surface area contributed by atoms with Crippen molar-refractivity contribution in [2.75, 3.05) is 6.61 Å². The molecule has 9 heavy (non-hydrogen) atoms. The predicted molar refractivity (Wildman–Crippen MR) is 30.6 cm³/mol. The molecule has 0 aromatic heterocycles. The lowest BCUT2D eigenvalue weighted by atomic mass is 10.4. The maximum absolute atomic E-state index is 10.2. The molecule has 0 fully saturated rings. The molecule has 4 heteroatoms. The van der Waals surface area contributed by atoms with Gasteiger partial charge in [0.2, 0.25) is 5.24 Å². The Morgan fingerprint density at radius 1 is 1.89 bits per heavy atom. The first kappa shape index (κ1) is 6.58. The molecule has 3 nitrogen and oxygen atoms in total. The molecule has 0 aromatic carbocycles. The average Bonchev–Trinajstić information content (AvgIpc) is 2.15. The molecule has 0 bridgehead atoms. The molecule has 0 saturated carbocycles. The highest BCUT2D eigenvalue weighted by molar-refractivity contribution is 6.63. The summed E-state index contributed by atoms with van der Waals surface area (Å²) in [5.41, 5.74) is 0. The summed E-state index contributed by atoms with van der Waals surface area (Å²) in [7, 11) is 0. The van der Waals surface area contributed by atoms with E-state index in [1.54, 1.807) is 6.08 Å². The second-order valence-corrected chi connectivity index (χ2v) is 1.99. The number of carbonyl (C=O) groups excluding carboxylic acids is 1. The molecule has 1 rings (SSSR count). The number of hydrogen-bond donors (Lipinski definition) is 0. The van der Waals surface area contributed by atoms with E-state index in [-0.39, 0.29) is 6.42 Å². The van der Waals surface area contributed by atoms with Crippen LogP contribution < -0.4 is 0 Å². The number of hydrogen-bond acceptors (Lipinski definition) is 3. The normalized spacial score (nSPS) is 16.8. The van der Waals surface area contributed by atoms with Crippen molar-refractivity contribution in [1.82, 2.24) is 0 Å². The first-order valence-electron chi connectivity index (χ1n) is 2.46. The van der Waals surface area contributed by atoms with Gasteiger partial charge in [-0.3, -0.25) is 4.79 Å². The van der Waals surface area contributed by atoms with Gasteiger partial charge in [-0.15, -0.1) is 0 Å². The van der Waals surface area contributed by atoms with Crippen molar-refractivity contribution in [1.29, 1.82) is 0 Å². The fourth-order valence-corrected chi connectivity index (χ4v) is 0.641. The van der Waals surface area contributed by atoms with Gasteiger partial charge in [-0.1, -0.05) is 0 Å². The number of carbonyl (C=O) groups is 1. The third-order valence-corrected chi connectivity index (χ3v) is 0.992. The van der Waals surface area contributed by atoms with E-state index in [1.165, 1.54) is 0 Å². The average molecular weight is 149 g/mol. The Balaban J connectivity index is 2.35. The fraction of sp³-hybridized carbons (Fsp3) is 0.400. The Kier molecular flexibility index (Phi) is 2.08. The van der Waals surface area contributed by atoms with Crippen molar-refractivity contribution in [2.45, 2.75) is 6.42 Å². The molecule has 0 amide bonds. The Morgan fingerprint density at radius 3 is 3.11 bits per heavy atom. The van der Waals surface area contributed by atoms with E-state index in [0.29, 0.717) is 12.4 Å². The van der Waals surface area contributed by atoms with Crippen LogP contribution in [0.25, 0.3) is 0 Å². The number of halogens is 1. The summed E-state index contributed by atoms with van der Waals surface area (Å²) >= 11 is 5.04. The quantitative estimate of drug-likeness (QED) is 0.433. The molecule has 0 aliphatic carbocycles. The molecule has 0 N–H and O–H groups in total. The second-order valence-electron chi connectivity index (χ2n) is 1.57. The first-order valence-corrected chi connectivity index (χ1v) is 2.83. The van der Waals surface area contributed by atoms with Gasteiger partial charge in [-0.05, 0) is 17.7 Å². The van der Waals surface area contributed by atoms with Crippen LogP contribution in [0, 0.1) is 0 Å². The van der Waals surface area contributed by atoms with Crippen LogP contribution in [-0.2, 0) is 14.6 Å². The van der Waals surface area contributed by atoms with Crippen LogP contribution in [0.1, 0.15) is 6.42 Å². The van der Waals surface area contributed by atoms with Crippen molar-refractivity contribution in [3.8, 4) is 0 Å². The minimum atomic E-state index is -0.438. The van der Waals surface area contributed by atoms with Crippen molar-refractivity contribution >= 4 is 16.8 Å². The van der Waals surface area contributed by atoms with Gasteiger partial charge in [0, 0.05) is 0 Å². The Bertz CT molecular complexity index is 152. The van der Waals surface area contributed by atoms with E-state index in [0.717, 1.165) is 0 Å². The first-order chi connectivity index (χ1) is 4.29. The minimum absolute atomic E-state index is 0.113. The molecular weight excluding hydrogens is 144 g/mol. The maximum Gasteiger partial charge on any atom is 0.229 e. The monoisotopic (exact) mass is 148 g/mol. The van der Waals surface area contributed by atoms with E-state index in [9.17, 15) is 4.79 Å². The van der Waals surface area contributed by atoms with Crippen LogP contribution in [-0.4, -0.2) is 11.8 Å². The highest BCUT2D eigenvalue weighted by Gasteiger charge is 2.09. The SMILES string of the molecule is O=C(Cl)CC1=CCOO1. The van der Waals surface area contributed by atoms with Gasteiger partial charge in [0.05, 0.1) is 6.42 Å². The lowest BCUT2D eigenvalue weighted by molar-refractivity contribution is -0.235. The van der Waals surface area contributed by atoms with Crippen LogP contribution in [0.3, 0.4) is 0 Å². The summed E-state index contributed by atoms with van der Waals surface area (Å²) in [6.45, 7) is 0.402. The fourth-order valence-electron chi connectivity index (χ4n) is 0.509. The third kappa shape index (κ3) is 2.03. The molecule has 0 unspecified atom stereocenters. The summed E-state index contributed by atoms with van der Waals surface area (Å²) < 4.78 is 0. The van der Waals surface area contributed by atoms with Gasteiger partial charge in [-0.2, -0.15) is 4.89 Å². The summed E-state index contributed by atoms with van der Waals surface area (Å²) in [5.74, 6) is 0.495. The zero-order valence-corrected chi connectivity index (χ0v) is 5.35. The van der Waals surface area contributed by atoms with E-state index in [4.69, 9.17) is 11.6 Å². The standard InChI is InChI=1S/C5H5ClO3/c6-5(7)3-4-1-2-8-9-4/h1H,2-3H2. The Labute approximate surface area is 57.1 Å². The van der Waals surface area contributed by atoms with Gasteiger partial charge in [-0.25, -0.2) is 0 Å². The van der Waals surface area contributed by atoms with E-state index in [2.05, 4.69) is 9.78 Å². The van der Waals surface area contributed by atoms with Gasteiger partial charge in [0.15, 0.2) is 0 Å². The molecule has 0 saturated heterocycles. The van der Waals surface area contributed by atoms with Gasteiger partial charge in [0.25, 0.3) is 0 Å². The van der Waals surface area contributed by atoms with Crippen molar-refractivity contribution in [3.63, 3.8) is 0 Å². The molecule has 1 aliphatic heterocycles. The molecule has 50 valence electrons. The van der Waals surface area contributed by atoms with Crippen LogP contribution in [0.2, 0.25) is 0 Å². The lowest BCUT2D eigenvalue weighted by Crippen LogP contribution is -1.90. The molecule has 0 atom stereocenters. The van der Waals surface area contributed by atoms with E-state index >= 15 is 0 Å². The van der Waals surface area contributed by atoms with Crippen LogP contribution in [0.4, 0.5) is 0 Å². The lowest BCUT2D eigenvalue weighted by Gasteiger charge is -1.93. The minimum Gasteiger partial charge on any atom is -0.341 e. The molecular formula is C5H5ClO3. The molecule has 0 aromatic rings. The van der Waals surface area contributed by atoms with Crippen molar-refractivity contribution in [3.05, 3.63) is 11.8 Å². The second kappa shape index (κ2) is 2.85. The van der Waals surface area contributed by atoms with Gasteiger partial charge >= 0.3 is 0 Å². The maximum atomic E-state index is 10.2. The van der Waals surface area contributed by atoms with Gasteiger partial charge in [0.1, 0.15) is 12.4 Å². The van der Waals surface area contributed by atoms with Crippen LogP contribution in [0.5, 0.6) is 0 Å². The van der Waals surface area contributed by atoms with Crippen molar-refractivity contribution in [2.24, 2.45) is 0 Å². The van der Waals surface area contributed by atoms with Crippen LogP contribution >= 0.6 is 11.6 Å². The van der Waals surface area contributed by atoms with E-state index < -0.39 is 5.24 Å².